The van der Waals surface area contributed by atoms with Crippen molar-refractivity contribution in [2.24, 2.45) is 0 Å². The summed E-state index contributed by atoms with van der Waals surface area (Å²) in [5.74, 6) is 0.876. The average Bonchev–Trinajstić information content (AvgIpc) is 2.76. The molecule has 0 fully saturated rings. The molecule has 0 atom stereocenters. The molecule has 1 aromatic heterocycles. The number of amides is 1. The van der Waals surface area contributed by atoms with Crippen molar-refractivity contribution >= 4 is 11.6 Å². The van der Waals surface area contributed by atoms with Gasteiger partial charge in [-0.1, -0.05) is 11.2 Å². The quantitative estimate of drug-likeness (QED) is 0.903. The first-order chi connectivity index (χ1) is 8.60. The van der Waals surface area contributed by atoms with Crippen molar-refractivity contribution in [3.8, 4) is 5.75 Å². The molecule has 0 unspecified atom stereocenters. The standard InChI is InChI=1S/C13H14N2O3/c1-8-4-5-12(17-3)10(6-8)14-13(16)11-7-9(2)18-15-11/h4-7H,1-3H3,(H,14,16). The van der Waals surface area contributed by atoms with Gasteiger partial charge in [-0.2, -0.15) is 0 Å². The topological polar surface area (TPSA) is 64.4 Å². The number of aromatic nitrogens is 1. The Labute approximate surface area is 105 Å². The Morgan fingerprint density at radius 3 is 2.72 bits per heavy atom. The van der Waals surface area contributed by atoms with Crippen LogP contribution in [0.15, 0.2) is 28.8 Å². The molecule has 2 aromatic rings. The van der Waals surface area contributed by atoms with Crippen LogP contribution in [0.2, 0.25) is 0 Å². The molecular weight excluding hydrogens is 232 g/mol. The highest BCUT2D eigenvalue weighted by atomic mass is 16.5. The Hall–Kier alpha value is -2.30. The van der Waals surface area contributed by atoms with Crippen LogP contribution in [-0.2, 0) is 0 Å². The minimum absolute atomic E-state index is 0.246. The van der Waals surface area contributed by atoms with Gasteiger partial charge >= 0.3 is 0 Å². The van der Waals surface area contributed by atoms with E-state index < -0.39 is 0 Å². The number of hydrogen-bond acceptors (Lipinski definition) is 4. The van der Waals surface area contributed by atoms with E-state index in [9.17, 15) is 4.79 Å². The Morgan fingerprint density at radius 2 is 2.11 bits per heavy atom. The lowest BCUT2D eigenvalue weighted by molar-refractivity contribution is 0.101. The van der Waals surface area contributed by atoms with Gasteiger partial charge in [0.25, 0.3) is 5.91 Å². The fourth-order valence-electron chi connectivity index (χ4n) is 1.58. The maximum atomic E-state index is 11.9. The number of ether oxygens (including phenoxy) is 1. The van der Waals surface area contributed by atoms with Gasteiger partial charge in [-0.3, -0.25) is 4.79 Å². The van der Waals surface area contributed by atoms with E-state index >= 15 is 0 Å². The highest BCUT2D eigenvalue weighted by Gasteiger charge is 2.13. The summed E-state index contributed by atoms with van der Waals surface area (Å²) in [4.78, 5) is 11.9. The molecule has 5 nitrogen and oxygen atoms in total. The zero-order valence-electron chi connectivity index (χ0n) is 10.5. The second-order valence-electron chi connectivity index (χ2n) is 3.98. The summed E-state index contributed by atoms with van der Waals surface area (Å²) in [6.07, 6.45) is 0. The molecule has 1 amide bonds. The molecule has 0 bridgehead atoms. The molecule has 0 saturated heterocycles. The van der Waals surface area contributed by atoms with Crippen LogP contribution in [0.3, 0.4) is 0 Å². The number of hydrogen-bond donors (Lipinski definition) is 1. The van der Waals surface area contributed by atoms with E-state index in [2.05, 4.69) is 10.5 Å². The predicted molar refractivity (Wildman–Crippen MR) is 66.9 cm³/mol. The lowest BCUT2D eigenvalue weighted by Gasteiger charge is -2.09. The Balaban J connectivity index is 2.23. The number of methoxy groups -OCH3 is 1. The summed E-state index contributed by atoms with van der Waals surface area (Å²) in [5, 5.41) is 6.41. The van der Waals surface area contributed by atoms with E-state index in [-0.39, 0.29) is 11.6 Å². The molecule has 1 aromatic carbocycles. The normalized spacial score (nSPS) is 10.2. The summed E-state index contributed by atoms with van der Waals surface area (Å²) in [6, 6.07) is 7.13. The van der Waals surface area contributed by atoms with Crippen LogP contribution in [-0.4, -0.2) is 18.2 Å². The number of carbonyl (C=O) groups excluding carboxylic acids is 1. The highest BCUT2D eigenvalue weighted by molar-refractivity contribution is 6.03. The second-order valence-corrected chi connectivity index (χ2v) is 3.98. The van der Waals surface area contributed by atoms with E-state index in [1.807, 2.05) is 19.1 Å². The first-order valence-corrected chi connectivity index (χ1v) is 5.49. The lowest BCUT2D eigenvalue weighted by Crippen LogP contribution is -2.13. The zero-order chi connectivity index (χ0) is 13.1. The van der Waals surface area contributed by atoms with Crippen molar-refractivity contribution in [2.45, 2.75) is 13.8 Å². The highest BCUT2D eigenvalue weighted by Crippen LogP contribution is 2.25. The van der Waals surface area contributed by atoms with Gasteiger partial charge in [0.2, 0.25) is 0 Å². The van der Waals surface area contributed by atoms with Gasteiger partial charge in [-0.25, -0.2) is 0 Å². The van der Waals surface area contributed by atoms with Crippen LogP contribution in [0, 0.1) is 13.8 Å². The monoisotopic (exact) mass is 246 g/mol. The average molecular weight is 246 g/mol. The first kappa shape index (κ1) is 12.2. The third kappa shape index (κ3) is 2.51. The molecule has 0 aliphatic heterocycles. The SMILES string of the molecule is COc1ccc(C)cc1NC(=O)c1cc(C)on1. The summed E-state index contributed by atoms with van der Waals surface area (Å²) < 4.78 is 10.0. The van der Waals surface area contributed by atoms with Crippen molar-refractivity contribution in [3.63, 3.8) is 0 Å². The maximum absolute atomic E-state index is 11.9. The number of nitrogens with one attached hydrogen (secondary N) is 1. The van der Waals surface area contributed by atoms with E-state index in [1.165, 1.54) is 0 Å². The minimum atomic E-state index is -0.323. The van der Waals surface area contributed by atoms with Gasteiger partial charge < -0.3 is 14.6 Å². The van der Waals surface area contributed by atoms with Crippen molar-refractivity contribution < 1.29 is 14.1 Å². The molecule has 0 saturated carbocycles. The molecule has 1 heterocycles. The minimum Gasteiger partial charge on any atom is -0.495 e. The molecule has 0 aliphatic rings. The summed E-state index contributed by atoms with van der Waals surface area (Å²) in [7, 11) is 1.56. The van der Waals surface area contributed by atoms with Gasteiger partial charge in [-0.05, 0) is 31.5 Å². The largest absolute Gasteiger partial charge is 0.495 e. The maximum Gasteiger partial charge on any atom is 0.277 e. The van der Waals surface area contributed by atoms with Crippen LogP contribution >= 0.6 is 0 Å². The fourth-order valence-corrected chi connectivity index (χ4v) is 1.58. The zero-order valence-corrected chi connectivity index (χ0v) is 10.5. The van der Waals surface area contributed by atoms with E-state index in [4.69, 9.17) is 9.26 Å². The van der Waals surface area contributed by atoms with Crippen LogP contribution in [0.1, 0.15) is 21.8 Å². The number of aryl methyl sites for hydroxylation is 2. The van der Waals surface area contributed by atoms with Crippen molar-refractivity contribution in [1.82, 2.24) is 5.16 Å². The van der Waals surface area contributed by atoms with Crippen LogP contribution in [0.5, 0.6) is 5.75 Å². The van der Waals surface area contributed by atoms with E-state index in [0.717, 1.165) is 5.56 Å². The van der Waals surface area contributed by atoms with Gasteiger partial charge in [0.15, 0.2) is 5.69 Å². The summed E-state index contributed by atoms with van der Waals surface area (Å²) >= 11 is 0. The number of rotatable bonds is 3. The van der Waals surface area contributed by atoms with E-state index in [1.54, 1.807) is 26.2 Å². The van der Waals surface area contributed by atoms with E-state index in [0.29, 0.717) is 17.2 Å². The molecular formula is C13H14N2O3. The summed E-state index contributed by atoms with van der Waals surface area (Å²) in [6.45, 7) is 3.67. The predicted octanol–water partition coefficient (Wildman–Crippen LogP) is 2.55. The van der Waals surface area contributed by atoms with Gasteiger partial charge in [0.1, 0.15) is 11.5 Å². The number of anilines is 1. The molecule has 0 aliphatic carbocycles. The number of benzene rings is 1. The third-order valence-electron chi connectivity index (χ3n) is 2.46. The van der Waals surface area contributed by atoms with Gasteiger partial charge in [-0.15, -0.1) is 0 Å². The number of nitrogens with zero attached hydrogens (tertiary/aromatic N) is 1. The van der Waals surface area contributed by atoms with Crippen LogP contribution in [0.4, 0.5) is 5.69 Å². The molecule has 0 radical (unpaired) electrons. The molecule has 5 heteroatoms. The van der Waals surface area contributed by atoms with Gasteiger partial charge in [0, 0.05) is 6.07 Å². The fraction of sp³-hybridized carbons (Fsp3) is 0.231. The molecule has 18 heavy (non-hydrogen) atoms. The lowest BCUT2D eigenvalue weighted by atomic mass is 10.2. The molecule has 0 spiro atoms. The van der Waals surface area contributed by atoms with Crippen molar-refractivity contribution in [1.29, 1.82) is 0 Å². The van der Waals surface area contributed by atoms with Crippen molar-refractivity contribution in [3.05, 3.63) is 41.3 Å². The van der Waals surface area contributed by atoms with Gasteiger partial charge in [0.05, 0.1) is 12.8 Å². The smallest absolute Gasteiger partial charge is 0.277 e. The van der Waals surface area contributed by atoms with Crippen LogP contribution < -0.4 is 10.1 Å². The third-order valence-corrected chi connectivity index (χ3v) is 2.46. The molecule has 1 N–H and O–H groups in total. The Kier molecular flexibility index (Phi) is 3.32. The van der Waals surface area contributed by atoms with Crippen molar-refractivity contribution in [2.75, 3.05) is 12.4 Å². The number of carbonyl (C=O) groups is 1. The second kappa shape index (κ2) is 4.91. The Bertz CT molecular complexity index is 575. The summed E-state index contributed by atoms with van der Waals surface area (Å²) in [5.41, 5.74) is 1.89. The van der Waals surface area contributed by atoms with Crippen LogP contribution in [0.25, 0.3) is 0 Å². The Morgan fingerprint density at radius 1 is 1.33 bits per heavy atom. The molecule has 94 valence electrons. The molecule has 2 rings (SSSR count). The first-order valence-electron chi connectivity index (χ1n) is 5.49.